The van der Waals surface area contributed by atoms with Crippen LogP contribution in [0, 0.1) is 13.8 Å². The van der Waals surface area contributed by atoms with Gasteiger partial charge in [0.2, 0.25) is 0 Å². The normalized spacial score (nSPS) is 14.8. The largest absolute Gasteiger partial charge is 0.504 e. The quantitative estimate of drug-likeness (QED) is 0.860. The van der Waals surface area contributed by atoms with Crippen molar-refractivity contribution in [3.05, 3.63) is 35.3 Å². The highest BCUT2D eigenvalue weighted by molar-refractivity contribution is 7.99. The van der Waals surface area contributed by atoms with Gasteiger partial charge in [-0.3, -0.25) is 9.88 Å². The van der Waals surface area contributed by atoms with Crippen LogP contribution in [0.1, 0.15) is 30.8 Å². The summed E-state index contributed by atoms with van der Waals surface area (Å²) < 4.78 is 5.85. The molecule has 5 nitrogen and oxygen atoms in total. The molecular formula is C20H27N3O2S. The summed E-state index contributed by atoms with van der Waals surface area (Å²) in [5.41, 5.74) is 4.43. The number of aryl methyl sites for hydroxylation is 2. The van der Waals surface area contributed by atoms with Gasteiger partial charge in [0.15, 0.2) is 11.5 Å². The van der Waals surface area contributed by atoms with Crippen LogP contribution in [0.25, 0.3) is 11.3 Å². The van der Waals surface area contributed by atoms with Crippen molar-refractivity contribution < 1.29 is 9.84 Å². The Morgan fingerprint density at radius 2 is 2.12 bits per heavy atom. The predicted molar refractivity (Wildman–Crippen MR) is 107 cm³/mol. The van der Waals surface area contributed by atoms with Gasteiger partial charge in [0, 0.05) is 42.7 Å². The molecule has 1 aromatic heterocycles. The molecule has 0 bridgehead atoms. The minimum Gasteiger partial charge on any atom is -0.504 e. The van der Waals surface area contributed by atoms with Gasteiger partial charge in [0.05, 0.1) is 17.1 Å². The molecule has 6 heteroatoms. The van der Waals surface area contributed by atoms with Crippen LogP contribution in [0.2, 0.25) is 0 Å². The summed E-state index contributed by atoms with van der Waals surface area (Å²) in [5, 5.41) is 11.2. The van der Waals surface area contributed by atoms with Gasteiger partial charge in [0.25, 0.3) is 0 Å². The molecule has 0 atom stereocenters. The van der Waals surface area contributed by atoms with Gasteiger partial charge >= 0.3 is 0 Å². The van der Waals surface area contributed by atoms with Gasteiger partial charge in [-0.1, -0.05) is 13.8 Å². The van der Waals surface area contributed by atoms with Crippen molar-refractivity contribution in [2.24, 2.45) is 0 Å². The standard InChI is InChI=1S/C20H27N3O2S/c1-13(2)26-8-6-23-5-7-25-20-17(12-23)9-16(10-18(20)24)19-15(4)21-11-14(3)22-19/h9-11,13,24H,5-8,12H2,1-4H3. The first-order chi connectivity index (χ1) is 12.4. The summed E-state index contributed by atoms with van der Waals surface area (Å²) in [4.78, 5) is 11.4. The number of fused-ring (bicyclic) bond motifs is 1. The maximum atomic E-state index is 10.5. The number of nitrogens with zero attached hydrogens (tertiary/aromatic N) is 3. The van der Waals surface area contributed by atoms with Gasteiger partial charge in [-0.25, -0.2) is 4.98 Å². The van der Waals surface area contributed by atoms with Crippen molar-refractivity contribution in [3.8, 4) is 22.8 Å². The van der Waals surface area contributed by atoms with Crippen molar-refractivity contribution in [2.45, 2.75) is 39.5 Å². The number of thioether (sulfide) groups is 1. The first-order valence-corrected chi connectivity index (χ1v) is 10.1. The molecule has 0 unspecified atom stereocenters. The molecule has 2 aromatic rings. The Hall–Kier alpha value is -1.79. The van der Waals surface area contributed by atoms with Gasteiger partial charge in [-0.2, -0.15) is 11.8 Å². The van der Waals surface area contributed by atoms with E-state index in [2.05, 4.69) is 34.8 Å². The zero-order valence-electron chi connectivity index (χ0n) is 16.0. The third-order valence-corrected chi connectivity index (χ3v) is 5.49. The Labute approximate surface area is 159 Å². The molecule has 3 rings (SSSR count). The van der Waals surface area contributed by atoms with Crippen LogP contribution in [0.15, 0.2) is 18.3 Å². The van der Waals surface area contributed by atoms with E-state index >= 15 is 0 Å². The van der Waals surface area contributed by atoms with Crippen molar-refractivity contribution in [3.63, 3.8) is 0 Å². The Kier molecular flexibility index (Phi) is 6.04. The zero-order chi connectivity index (χ0) is 18.7. The van der Waals surface area contributed by atoms with Crippen LogP contribution in [0.5, 0.6) is 11.5 Å². The molecular weight excluding hydrogens is 346 g/mol. The highest BCUT2D eigenvalue weighted by Gasteiger charge is 2.20. The number of aromatic hydroxyl groups is 1. The monoisotopic (exact) mass is 373 g/mol. The second-order valence-electron chi connectivity index (χ2n) is 6.97. The van der Waals surface area contributed by atoms with E-state index in [1.807, 2.05) is 25.6 Å². The number of ether oxygens (including phenoxy) is 1. The molecule has 140 valence electrons. The predicted octanol–water partition coefficient (Wildman–Crippen LogP) is 3.80. The van der Waals surface area contributed by atoms with Crippen LogP contribution in [-0.2, 0) is 6.54 Å². The van der Waals surface area contributed by atoms with Crippen molar-refractivity contribution in [1.82, 2.24) is 14.9 Å². The average molecular weight is 374 g/mol. The molecule has 0 aliphatic carbocycles. The third-order valence-electron chi connectivity index (χ3n) is 4.40. The SMILES string of the molecule is Cc1cnc(C)c(-c2cc(O)c3c(c2)CN(CCSC(C)C)CCO3)n1. The molecule has 0 saturated carbocycles. The van der Waals surface area contributed by atoms with E-state index in [-0.39, 0.29) is 5.75 Å². The molecule has 0 radical (unpaired) electrons. The van der Waals surface area contributed by atoms with E-state index in [0.29, 0.717) is 17.6 Å². The number of rotatable bonds is 5. The highest BCUT2D eigenvalue weighted by atomic mass is 32.2. The Morgan fingerprint density at radius 1 is 1.31 bits per heavy atom. The van der Waals surface area contributed by atoms with E-state index in [0.717, 1.165) is 53.6 Å². The number of phenolic OH excluding ortho intramolecular Hbond substituents is 1. The number of aromatic nitrogens is 2. The van der Waals surface area contributed by atoms with E-state index < -0.39 is 0 Å². The fourth-order valence-electron chi connectivity index (χ4n) is 3.11. The number of phenols is 1. The molecule has 1 aliphatic rings. The third kappa shape index (κ3) is 4.48. The molecule has 26 heavy (non-hydrogen) atoms. The van der Waals surface area contributed by atoms with Crippen LogP contribution < -0.4 is 4.74 Å². The molecule has 0 spiro atoms. The number of benzene rings is 1. The van der Waals surface area contributed by atoms with Crippen molar-refractivity contribution in [2.75, 3.05) is 25.4 Å². The van der Waals surface area contributed by atoms with E-state index in [1.54, 1.807) is 12.3 Å². The minimum absolute atomic E-state index is 0.179. The van der Waals surface area contributed by atoms with Gasteiger partial charge in [-0.15, -0.1) is 0 Å². The first kappa shape index (κ1) is 19.0. The molecule has 1 N–H and O–H groups in total. The lowest BCUT2D eigenvalue weighted by atomic mass is 10.0. The number of hydrogen-bond donors (Lipinski definition) is 1. The highest BCUT2D eigenvalue weighted by Crippen LogP contribution is 2.37. The Morgan fingerprint density at radius 3 is 2.88 bits per heavy atom. The van der Waals surface area contributed by atoms with E-state index in [1.165, 1.54) is 0 Å². The fraction of sp³-hybridized carbons (Fsp3) is 0.500. The molecule has 1 aliphatic heterocycles. The summed E-state index contributed by atoms with van der Waals surface area (Å²) in [5.74, 6) is 1.88. The molecule has 0 fully saturated rings. The molecule has 2 heterocycles. The van der Waals surface area contributed by atoms with Crippen molar-refractivity contribution >= 4 is 11.8 Å². The smallest absolute Gasteiger partial charge is 0.165 e. The second-order valence-corrected chi connectivity index (χ2v) is 8.66. The zero-order valence-corrected chi connectivity index (χ0v) is 16.8. The van der Waals surface area contributed by atoms with Crippen LogP contribution in [-0.4, -0.2) is 50.7 Å². The van der Waals surface area contributed by atoms with Crippen LogP contribution in [0.4, 0.5) is 0 Å². The molecule has 0 saturated heterocycles. The second kappa shape index (κ2) is 8.27. The summed E-state index contributed by atoms with van der Waals surface area (Å²) in [6, 6.07) is 3.82. The van der Waals surface area contributed by atoms with Crippen LogP contribution >= 0.6 is 11.8 Å². The lowest BCUT2D eigenvalue weighted by Crippen LogP contribution is -2.28. The van der Waals surface area contributed by atoms with Gasteiger partial charge in [-0.05, 0) is 31.2 Å². The van der Waals surface area contributed by atoms with E-state index in [4.69, 9.17) is 4.74 Å². The fourth-order valence-corrected chi connectivity index (χ4v) is 3.94. The maximum absolute atomic E-state index is 10.5. The lowest BCUT2D eigenvalue weighted by Gasteiger charge is -2.20. The topological polar surface area (TPSA) is 58.5 Å². The summed E-state index contributed by atoms with van der Waals surface area (Å²) in [6.45, 7) is 11.6. The summed E-state index contributed by atoms with van der Waals surface area (Å²) >= 11 is 1.97. The maximum Gasteiger partial charge on any atom is 0.165 e. The Balaban J connectivity index is 1.88. The molecule has 1 aromatic carbocycles. The first-order valence-electron chi connectivity index (χ1n) is 9.07. The van der Waals surface area contributed by atoms with Crippen LogP contribution in [0.3, 0.4) is 0 Å². The molecule has 0 amide bonds. The summed E-state index contributed by atoms with van der Waals surface area (Å²) in [7, 11) is 0. The minimum atomic E-state index is 0.179. The van der Waals surface area contributed by atoms with Gasteiger partial charge < -0.3 is 9.84 Å². The van der Waals surface area contributed by atoms with Gasteiger partial charge in [0.1, 0.15) is 6.61 Å². The van der Waals surface area contributed by atoms with E-state index in [9.17, 15) is 5.11 Å². The summed E-state index contributed by atoms with van der Waals surface area (Å²) in [6.07, 6.45) is 1.76. The number of hydrogen-bond acceptors (Lipinski definition) is 6. The van der Waals surface area contributed by atoms with Crippen molar-refractivity contribution in [1.29, 1.82) is 0 Å². The Bertz CT molecular complexity index is 780. The average Bonchev–Trinajstić information content (AvgIpc) is 2.79. The lowest BCUT2D eigenvalue weighted by molar-refractivity contribution is 0.232.